The highest BCUT2D eigenvalue weighted by molar-refractivity contribution is 6.06. The zero-order valence-electron chi connectivity index (χ0n) is 15.2. The van der Waals surface area contributed by atoms with Crippen LogP contribution in [0.1, 0.15) is 25.8 Å². The molecule has 26 heavy (non-hydrogen) atoms. The number of ether oxygens (including phenoxy) is 1. The number of nitrogens with one attached hydrogen (secondary N) is 1. The van der Waals surface area contributed by atoms with E-state index < -0.39 is 12.1 Å². The van der Waals surface area contributed by atoms with Gasteiger partial charge in [0, 0.05) is 13.1 Å². The summed E-state index contributed by atoms with van der Waals surface area (Å²) >= 11 is 0. The minimum Gasteiger partial charge on any atom is -0.372 e. The van der Waals surface area contributed by atoms with Gasteiger partial charge in [-0.3, -0.25) is 14.5 Å². The van der Waals surface area contributed by atoms with E-state index in [1.807, 2.05) is 44.2 Å². The quantitative estimate of drug-likeness (QED) is 0.801. The molecule has 140 valence electrons. The van der Waals surface area contributed by atoms with Crippen molar-refractivity contribution in [3.8, 4) is 0 Å². The van der Waals surface area contributed by atoms with Gasteiger partial charge < -0.3 is 15.0 Å². The maximum absolute atomic E-state index is 12.5. The zero-order chi connectivity index (χ0) is 18.7. The zero-order valence-corrected chi connectivity index (χ0v) is 15.2. The van der Waals surface area contributed by atoms with Gasteiger partial charge >= 0.3 is 6.03 Å². The molecule has 7 nitrogen and oxygen atoms in total. The molecule has 7 heteroatoms. The second kappa shape index (κ2) is 7.86. The molecule has 0 unspecified atom stereocenters. The first kappa shape index (κ1) is 18.4. The van der Waals surface area contributed by atoms with Crippen LogP contribution in [0.15, 0.2) is 30.3 Å². The van der Waals surface area contributed by atoms with Crippen molar-refractivity contribution < 1.29 is 19.1 Å². The molecule has 0 spiro atoms. The molecule has 2 fully saturated rings. The number of carbonyl (C=O) groups excluding carboxylic acids is 3. The lowest BCUT2D eigenvalue weighted by molar-refractivity contribution is -0.146. The van der Waals surface area contributed by atoms with E-state index in [0.29, 0.717) is 25.9 Å². The van der Waals surface area contributed by atoms with E-state index in [-0.39, 0.29) is 30.6 Å². The first-order valence-electron chi connectivity index (χ1n) is 9.03. The average molecular weight is 359 g/mol. The lowest BCUT2D eigenvalue weighted by atomic mass is 10.1. The molecule has 3 atom stereocenters. The third-order valence-corrected chi connectivity index (χ3v) is 4.74. The Bertz CT molecular complexity index is 669. The van der Waals surface area contributed by atoms with Gasteiger partial charge in [0.15, 0.2) is 0 Å². The van der Waals surface area contributed by atoms with Crippen LogP contribution in [0.5, 0.6) is 0 Å². The van der Waals surface area contributed by atoms with E-state index in [9.17, 15) is 14.4 Å². The normalized spacial score (nSPS) is 26.2. The second-order valence-electron chi connectivity index (χ2n) is 7.01. The van der Waals surface area contributed by atoms with E-state index in [0.717, 1.165) is 10.5 Å². The van der Waals surface area contributed by atoms with E-state index in [2.05, 4.69) is 5.32 Å². The fourth-order valence-electron chi connectivity index (χ4n) is 3.49. The molecule has 1 aromatic rings. The summed E-state index contributed by atoms with van der Waals surface area (Å²) in [6.45, 7) is 4.55. The van der Waals surface area contributed by atoms with Crippen LogP contribution >= 0.6 is 0 Å². The molecule has 1 aromatic carbocycles. The van der Waals surface area contributed by atoms with Crippen molar-refractivity contribution in [3.63, 3.8) is 0 Å². The van der Waals surface area contributed by atoms with Crippen LogP contribution < -0.4 is 5.32 Å². The van der Waals surface area contributed by atoms with Crippen molar-refractivity contribution in [1.29, 1.82) is 0 Å². The molecule has 2 aliphatic rings. The highest BCUT2D eigenvalue weighted by Gasteiger charge is 2.39. The molecule has 0 aliphatic carbocycles. The third kappa shape index (κ3) is 4.22. The summed E-state index contributed by atoms with van der Waals surface area (Å²) < 4.78 is 5.62. The number of hydrogen-bond acceptors (Lipinski definition) is 4. The minimum atomic E-state index is -0.571. The smallest absolute Gasteiger partial charge is 0.325 e. The maximum atomic E-state index is 12.5. The van der Waals surface area contributed by atoms with Crippen molar-refractivity contribution >= 4 is 17.8 Å². The van der Waals surface area contributed by atoms with Gasteiger partial charge in [-0.1, -0.05) is 30.3 Å². The minimum absolute atomic E-state index is 0.0515. The molecular formula is C19H25N3O4. The van der Waals surface area contributed by atoms with Crippen LogP contribution in [-0.4, -0.2) is 65.5 Å². The number of benzene rings is 1. The predicted molar refractivity (Wildman–Crippen MR) is 95.4 cm³/mol. The molecule has 4 amide bonds. The number of aryl methyl sites for hydroxylation is 1. The molecular weight excluding hydrogens is 334 g/mol. The van der Waals surface area contributed by atoms with Gasteiger partial charge in [-0.2, -0.15) is 0 Å². The van der Waals surface area contributed by atoms with Crippen molar-refractivity contribution in [3.05, 3.63) is 35.9 Å². The average Bonchev–Trinajstić information content (AvgIpc) is 2.87. The highest BCUT2D eigenvalue weighted by Crippen LogP contribution is 2.15. The SMILES string of the molecule is C[C@H]1CN(C(=O)CN2C(=O)N[C@@H](CCc3ccccc3)C2=O)C[C@H](C)O1. The van der Waals surface area contributed by atoms with Crippen LogP contribution in [0.25, 0.3) is 0 Å². The summed E-state index contributed by atoms with van der Waals surface area (Å²) in [5.74, 6) is -0.548. The Balaban J connectivity index is 1.56. The number of nitrogens with zero attached hydrogens (tertiary/aromatic N) is 2. The van der Waals surface area contributed by atoms with Gasteiger partial charge in [-0.05, 0) is 32.3 Å². The van der Waals surface area contributed by atoms with Crippen LogP contribution in [0, 0.1) is 0 Å². The molecule has 0 saturated carbocycles. The Morgan fingerprint density at radius 1 is 1.15 bits per heavy atom. The standard InChI is InChI=1S/C19H25N3O4/c1-13-10-21(11-14(2)26-13)17(23)12-22-18(24)16(20-19(22)25)9-8-15-6-4-3-5-7-15/h3-7,13-14,16H,8-12H2,1-2H3,(H,20,25)/t13-,14-,16-/m0/s1. The Hall–Kier alpha value is -2.41. The lowest BCUT2D eigenvalue weighted by Crippen LogP contribution is -2.51. The van der Waals surface area contributed by atoms with Crippen molar-refractivity contribution in [1.82, 2.24) is 15.1 Å². The first-order chi connectivity index (χ1) is 12.4. The monoisotopic (exact) mass is 359 g/mol. The number of carbonyl (C=O) groups is 3. The van der Waals surface area contributed by atoms with Crippen LogP contribution in [0.3, 0.4) is 0 Å². The number of morpholine rings is 1. The summed E-state index contributed by atoms with van der Waals surface area (Å²) in [5, 5.41) is 2.69. The van der Waals surface area contributed by atoms with Gasteiger partial charge in [-0.15, -0.1) is 0 Å². The topological polar surface area (TPSA) is 79.0 Å². The molecule has 2 heterocycles. The molecule has 3 rings (SSSR count). The van der Waals surface area contributed by atoms with E-state index >= 15 is 0 Å². The van der Waals surface area contributed by atoms with Crippen LogP contribution in [-0.2, 0) is 20.7 Å². The Morgan fingerprint density at radius 3 is 2.46 bits per heavy atom. The van der Waals surface area contributed by atoms with Crippen molar-refractivity contribution in [2.45, 2.75) is 44.9 Å². The number of imide groups is 1. The van der Waals surface area contributed by atoms with Gasteiger partial charge in [0.05, 0.1) is 12.2 Å². The Kier molecular flexibility index (Phi) is 5.56. The molecule has 0 aromatic heterocycles. The Labute approximate surface area is 153 Å². The van der Waals surface area contributed by atoms with Gasteiger partial charge in [0.1, 0.15) is 12.6 Å². The number of amides is 4. The molecule has 0 radical (unpaired) electrons. The third-order valence-electron chi connectivity index (χ3n) is 4.74. The summed E-state index contributed by atoms with van der Waals surface area (Å²) in [4.78, 5) is 39.9. The maximum Gasteiger partial charge on any atom is 0.325 e. The van der Waals surface area contributed by atoms with Crippen molar-refractivity contribution in [2.75, 3.05) is 19.6 Å². The van der Waals surface area contributed by atoms with Crippen LogP contribution in [0.4, 0.5) is 4.79 Å². The summed E-state index contributed by atoms with van der Waals surface area (Å²) in [5.41, 5.74) is 1.11. The molecule has 2 aliphatic heterocycles. The predicted octanol–water partition coefficient (Wildman–Crippen LogP) is 1.18. The van der Waals surface area contributed by atoms with Gasteiger partial charge in [-0.25, -0.2) is 4.79 Å². The molecule has 0 bridgehead atoms. The Morgan fingerprint density at radius 2 is 1.81 bits per heavy atom. The molecule has 1 N–H and O–H groups in total. The summed E-state index contributed by atoms with van der Waals surface area (Å²) in [7, 11) is 0. The van der Waals surface area contributed by atoms with Gasteiger partial charge in [0.2, 0.25) is 5.91 Å². The fraction of sp³-hybridized carbons (Fsp3) is 0.526. The van der Waals surface area contributed by atoms with Crippen molar-refractivity contribution in [2.24, 2.45) is 0 Å². The number of urea groups is 1. The fourth-order valence-corrected chi connectivity index (χ4v) is 3.49. The molecule has 2 saturated heterocycles. The van der Waals surface area contributed by atoms with Gasteiger partial charge in [0.25, 0.3) is 5.91 Å². The van der Waals surface area contributed by atoms with Crippen LogP contribution in [0.2, 0.25) is 0 Å². The van der Waals surface area contributed by atoms with E-state index in [1.54, 1.807) is 4.90 Å². The summed E-state index contributed by atoms with van der Waals surface area (Å²) in [6.07, 6.45) is 1.11. The number of hydrogen-bond donors (Lipinski definition) is 1. The largest absolute Gasteiger partial charge is 0.372 e. The number of rotatable bonds is 5. The van der Waals surface area contributed by atoms with E-state index in [1.165, 1.54) is 0 Å². The lowest BCUT2D eigenvalue weighted by Gasteiger charge is -2.35. The highest BCUT2D eigenvalue weighted by atomic mass is 16.5. The first-order valence-corrected chi connectivity index (χ1v) is 9.03. The van der Waals surface area contributed by atoms with E-state index in [4.69, 9.17) is 4.74 Å². The second-order valence-corrected chi connectivity index (χ2v) is 7.01. The summed E-state index contributed by atoms with van der Waals surface area (Å²) in [6, 6.07) is 8.74.